The minimum absolute atomic E-state index is 0.000154. The molecule has 71 heavy (non-hydrogen) atoms. The van der Waals surface area contributed by atoms with E-state index < -0.39 is 53.6 Å². The standard InChI is InChI=1S/C28H51NO7.C22H36N2O11/c1-2-36-23-17-18-24(30)21-22-25(28(34)35)29-26(31)19-15-13-11-9-7-5-3-4-6-8-10-12-14-16-20-27(32)33;1-3-33-14-20(28)23-8-9-34-10-11-35-13-17(26)12-16(21(29)30)5-7-19(27)24-18(22(31)32)6-4-15(2)25/h25H,2-23H2,1H3,(H,29,31)(H,32,33)(H,34,35);16,18H,3-14H2,1-2H3,(H,23,28)(H,24,27)(H,29,30)(H,31,32)/t25-;16-,18+/m01/s1. The van der Waals surface area contributed by atoms with Crippen molar-refractivity contribution >= 4 is 58.9 Å². The highest BCUT2D eigenvalue weighted by molar-refractivity contribution is 5.87. The Morgan fingerprint density at radius 1 is 0.423 bits per heavy atom. The number of hydrogen-bond donors (Lipinski definition) is 7. The van der Waals surface area contributed by atoms with Crippen LogP contribution in [0.25, 0.3) is 0 Å². The van der Waals surface area contributed by atoms with E-state index in [0.717, 1.165) is 44.9 Å². The van der Waals surface area contributed by atoms with E-state index in [2.05, 4.69) is 16.0 Å². The first-order valence-corrected chi connectivity index (χ1v) is 25.5. The largest absolute Gasteiger partial charge is 0.481 e. The molecule has 21 nitrogen and oxygen atoms in total. The first-order valence-electron chi connectivity index (χ1n) is 25.5. The van der Waals surface area contributed by atoms with Crippen molar-refractivity contribution in [2.24, 2.45) is 5.92 Å². The van der Waals surface area contributed by atoms with Gasteiger partial charge in [0.25, 0.3) is 0 Å². The first-order chi connectivity index (χ1) is 33.9. The third kappa shape index (κ3) is 47.2. The van der Waals surface area contributed by atoms with Crippen molar-refractivity contribution in [3.63, 3.8) is 0 Å². The predicted octanol–water partition coefficient (Wildman–Crippen LogP) is 5.60. The monoisotopic (exact) mass is 1020 g/mol. The van der Waals surface area contributed by atoms with E-state index in [-0.39, 0.29) is 108 Å². The molecule has 0 radical (unpaired) electrons. The van der Waals surface area contributed by atoms with Gasteiger partial charge in [0.05, 0.1) is 25.7 Å². The number of aliphatic carboxylic acids is 4. The molecule has 0 bridgehead atoms. The quantitative estimate of drug-likeness (QED) is 0.0365. The van der Waals surface area contributed by atoms with E-state index in [1.54, 1.807) is 6.92 Å². The van der Waals surface area contributed by atoms with Crippen LogP contribution in [0.3, 0.4) is 0 Å². The maximum Gasteiger partial charge on any atom is 0.326 e. The molecule has 0 fully saturated rings. The molecule has 0 aromatic carbocycles. The molecule has 7 N–H and O–H groups in total. The fraction of sp³-hybridized carbons (Fsp3) is 0.800. The molecule has 3 atom stereocenters. The summed E-state index contributed by atoms with van der Waals surface area (Å²) in [4.78, 5) is 115. The lowest BCUT2D eigenvalue weighted by molar-refractivity contribution is -0.145. The maximum absolute atomic E-state index is 12.1. The van der Waals surface area contributed by atoms with Crippen molar-refractivity contribution < 1.29 is 87.3 Å². The third-order valence-corrected chi connectivity index (χ3v) is 10.9. The number of carboxylic acids is 4. The molecule has 0 saturated heterocycles. The van der Waals surface area contributed by atoms with Crippen LogP contribution in [-0.4, -0.2) is 151 Å². The number of carbonyl (C=O) groups is 10. The number of rotatable bonds is 49. The van der Waals surface area contributed by atoms with Crippen LogP contribution in [0.15, 0.2) is 0 Å². The molecule has 0 aliphatic heterocycles. The zero-order chi connectivity index (χ0) is 53.5. The summed E-state index contributed by atoms with van der Waals surface area (Å²) in [5, 5.41) is 43.8. The number of nitrogens with one attached hydrogen (secondary N) is 3. The smallest absolute Gasteiger partial charge is 0.326 e. The Kier molecular flexibility index (Phi) is 45.6. The van der Waals surface area contributed by atoms with Gasteiger partial charge in [0.1, 0.15) is 36.9 Å². The minimum Gasteiger partial charge on any atom is -0.481 e. The van der Waals surface area contributed by atoms with Gasteiger partial charge in [-0.15, -0.1) is 0 Å². The topological polar surface area (TPSA) is 325 Å². The molecule has 0 aromatic rings. The summed E-state index contributed by atoms with van der Waals surface area (Å²) in [6, 6.07) is -2.26. The van der Waals surface area contributed by atoms with E-state index in [4.69, 9.17) is 29.2 Å². The summed E-state index contributed by atoms with van der Waals surface area (Å²) >= 11 is 0. The van der Waals surface area contributed by atoms with Gasteiger partial charge in [-0.25, -0.2) is 9.59 Å². The van der Waals surface area contributed by atoms with Gasteiger partial charge >= 0.3 is 23.9 Å². The van der Waals surface area contributed by atoms with Crippen LogP contribution in [0.4, 0.5) is 0 Å². The Morgan fingerprint density at radius 3 is 1.41 bits per heavy atom. The number of amides is 3. The lowest BCUT2D eigenvalue weighted by atomic mass is 9.97. The summed E-state index contributed by atoms with van der Waals surface area (Å²) in [5.41, 5.74) is 0. The summed E-state index contributed by atoms with van der Waals surface area (Å²) in [7, 11) is 0. The highest BCUT2D eigenvalue weighted by Crippen LogP contribution is 2.15. The van der Waals surface area contributed by atoms with E-state index >= 15 is 0 Å². The second-order valence-corrected chi connectivity index (χ2v) is 17.3. The zero-order valence-corrected chi connectivity index (χ0v) is 42.8. The molecule has 0 unspecified atom stereocenters. The highest BCUT2D eigenvalue weighted by Gasteiger charge is 2.25. The Balaban J connectivity index is 0. The normalized spacial score (nSPS) is 12.1. The molecule has 3 amide bonds. The van der Waals surface area contributed by atoms with Gasteiger partial charge in [-0.3, -0.25) is 33.6 Å². The molecule has 21 heteroatoms. The average Bonchev–Trinajstić information content (AvgIpc) is 3.31. The van der Waals surface area contributed by atoms with Gasteiger partial charge in [-0.1, -0.05) is 77.0 Å². The number of ketones is 3. The first kappa shape index (κ1) is 68.2. The summed E-state index contributed by atoms with van der Waals surface area (Å²) in [6.07, 6.45) is 16.6. The fourth-order valence-electron chi connectivity index (χ4n) is 6.89. The molecule has 410 valence electrons. The summed E-state index contributed by atoms with van der Waals surface area (Å²) in [6.45, 7) is 7.03. The average molecular weight is 1020 g/mol. The van der Waals surface area contributed by atoms with Crippen molar-refractivity contribution in [1.29, 1.82) is 0 Å². The maximum atomic E-state index is 12.1. The molecule has 0 spiro atoms. The molecule has 0 aromatic heterocycles. The second-order valence-electron chi connectivity index (χ2n) is 17.3. The number of ether oxygens (including phenoxy) is 4. The van der Waals surface area contributed by atoms with Crippen molar-refractivity contribution in [1.82, 2.24) is 16.0 Å². The van der Waals surface area contributed by atoms with Gasteiger partial charge in [-0.05, 0) is 59.3 Å². The molecule has 0 heterocycles. The zero-order valence-electron chi connectivity index (χ0n) is 42.8. The van der Waals surface area contributed by atoms with Crippen LogP contribution in [0.1, 0.15) is 181 Å². The third-order valence-electron chi connectivity index (χ3n) is 10.9. The van der Waals surface area contributed by atoms with Crippen LogP contribution in [0.5, 0.6) is 0 Å². The SMILES string of the molecule is CCOCC(=O)NCCOCCOCC(=O)C[C@@H](CCC(=O)N[C@@H](CCC(C)=O)C(=O)O)C(=O)O.CCOCCCC(=O)CC[C@H](NC(=O)CCCCCCCCCCCCCCCCC(=O)O)C(=O)O. The van der Waals surface area contributed by atoms with Gasteiger partial charge in [0, 0.05) is 71.3 Å². The van der Waals surface area contributed by atoms with Crippen LogP contribution >= 0.6 is 0 Å². The molecular weight excluding hydrogens is 931 g/mol. The van der Waals surface area contributed by atoms with Crippen LogP contribution in [0.2, 0.25) is 0 Å². The van der Waals surface area contributed by atoms with Crippen LogP contribution < -0.4 is 16.0 Å². The predicted molar refractivity (Wildman–Crippen MR) is 262 cm³/mol. The molecular formula is C50H87N3O18. The van der Waals surface area contributed by atoms with Gasteiger partial charge in [0.2, 0.25) is 17.7 Å². The van der Waals surface area contributed by atoms with Crippen LogP contribution in [0, 0.1) is 5.92 Å². The number of unbranched alkanes of at least 4 members (excludes halogenated alkanes) is 13. The van der Waals surface area contributed by atoms with Crippen molar-refractivity contribution in [3.05, 3.63) is 0 Å². The van der Waals surface area contributed by atoms with E-state index in [1.165, 1.54) is 51.9 Å². The van der Waals surface area contributed by atoms with Gasteiger partial charge < -0.3 is 60.1 Å². The lowest BCUT2D eigenvalue weighted by Gasteiger charge is -2.15. The molecule has 0 aliphatic carbocycles. The Hall–Kier alpha value is -4.86. The summed E-state index contributed by atoms with van der Waals surface area (Å²) in [5.74, 6) is -7.35. The molecule has 0 aliphatic rings. The Labute approximate surface area is 420 Å². The Morgan fingerprint density at radius 2 is 0.915 bits per heavy atom. The van der Waals surface area contributed by atoms with Crippen molar-refractivity contribution in [2.75, 3.05) is 59.4 Å². The van der Waals surface area contributed by atoms with Gasteiger partial charge in [-0.2, -0.15) is 0 Å². The minimum atomic E-state index is -1.29. The van der Waals surface area contributed by atoms with Gasteiger partial charge in [0.15, 0.2) is 5.78 Å². The highest BCUT2D eigenvalue weighted by atomic mass is 16.5. The van der Waals surface area contributed by atoms with Crippen molar-refractivity contribution in [2.45, 2.75) is 193 Å². The molecule has 0 saturated carbocycles. The van der Waals surface area contributed by atoms with E-state index in [1.807, 2.05) is 6.92 Å². The number of Topliss-reactive ketones (excluding diaryl/α,β-unsaturated/α-hetero) is 3. The second kappa shape index (κ2) is 47.5. The number of hydrogen-bond acceptors (Lipinski definition) is 14. The number of carbonyl (C=O) groups excluding carboxylic acids is 6. The lowest BCUT2D eigenvalue weighted by Crippen LogP contribution is -2.41. The van der Waals surface area contributed by atoms with E-state index in [0.29, 0.717) is 45.6 Å². The van der Waals surface area contributed by atoms with E-state index in [9.17, 15) is 58.2 Å². The molecule has 0 rings (SSSR count). The number of carboxylic acid groups (broad SMARTS) is 4. The summed E-state index contributed by atoms with van der Waals surface area (Å²) < 4.78 is 20.5. The van der Waals surface area contributed by atoms with Crippen molar-refractivity contribution in [3.8, 4) is 0 Å². The fourth-order valence-corrected chi connectivity index (χ4v) is 6.89. The van der Waals surface area contributed by atoms with Crippen LogP contribution in [-0.2, 0) is 66.9 Å². The Bertz CT molecular complexity index is 1530.